The van der Waals surface area contributed by atoms with Gasteiger partial charge in [0.2, 0.25) is 5.91 Å². The molecular formula is C11H19NO5S. The Hall–Kier alpha value is -1.11. The zero-order chi connectivity index (χ0) is 13.9. The molecule has 1 atom stereocenters. The van der Waals surface area contributed by atoms with E-state index in [2.05, 4.69) is 0 Å². The van der Waals surface area contributed by atoms with Crippen molar-refractivity contribution in [3.8, 4) is 0 Å². The molecule has 0 spiro atoms. The van der Waals surface area contributed by atoms with Gasteiger partial charge in [0.25, 0.3) is 0 Å². The van der Waals surface area contributed by atoms with Gasteiger partial charge >= 0.3 is 5.97 Å². The van der Waals surface area contributed by atoms with Crippen LogP contribution in [0.25, 0.3) is 0 Å². The van der Waals surface area contributed by atoms with Gasteiger partial charge in [-0.05, 0) is 20.3 Å². The van der Waals surface area contributed by atoms with Crippen molar-refractivity contribution in [3.05, 3.63) is 0 Å². The largest absolute Gasteiger partial charge is 0.481 e. The zero-order valence-electron chi connectivity index (χ0n) is 10.6. The van der Waals surface area contributed by atoms with Crippen molar-refractivity contribution in [2.45, 2.75) is 31.9 Å². The van der Waals surface area contributed by atoms with Gasteiger partial charge in [-0.2, -0.15) is 0 Å². The van der Waals surface area contributed by atoms with Crippen molar-refractivity contribution in [2.24, 2.45) is 5.92 Å². The number of hydrogen-bond donors (Lipinski definition) is 1. The van der Waals surface area contributed by atoms with Crippen molar-refractivity contribution >= 4 is 21.7 Å². The second kappa shape index (κ2) is 5.69. The molecule has 6 nitrogen and oxygen atoms in total. The number of piperidine rings is 1. The summed E-state index contributed by atoms with van der Waals surface area (Å²) >= 11 is 0. The molecule has 1 heterocycles. The third-order valence-corrected chi connectivity index (χ3v) is 5.40. The van der Waals surface area contributed by atoms with Crippen LogP contribution in [0.4, 0.5) is 0 Å². The molecule has 1 fully saturated rings. The lowest BCUT2D eigenvalue weighted by molar-refractivity contribution is -0.147. The van der Waals surface area contributed by atoms with E-state index in [0.717, 1.165) is 0 Å². The number of carbonyl (C=O) groups is 2. The third-order valence-electron chi connectivity index (χ3n) is 3.21. The molecule has 1 aliphatic heterocycles. The molecule has 0 saturated carbocycles. The third kappa shape index (κ3) is 3.69. The number of carboxylic acid groups (broad SMARTS) is 1. The van der Waals surface area contributed by atoms with Gasteiger partial charge in [0.05, 0.1) is 16.9 Å². The average molecular weight is 277 g/mol. The Morgan fingerprint density at radius 1 is 1.50 bits per heavy atom. The molecule has 7 heteroatoms. The van der Waals surface area contributed by atoms with Crippen molar-refractivity contribution in [1.29, 1.82) is 0 Å². The van der Waals surface area contributed by atoms with Crippen molar-refractivity contribution in [2.75, 3.05) is 18.8 Å². The van der Waals surface area contributed by atoms with Crippen LogP contribution in [0.1, 0.15) is 26.7 Å². The molecule has 104 valence electrons. The van der Waals surface area contributed by atoms with Crippen LogP contribution in [0.3, 0.4) is 0 Å². The van der Waals surface area contributed by atoms with Gasteiger partial charge in [0.15, 0.2) is 9.84 Å². The van der Waals surface area contributed by atoms with E-state index in [0.29, 0.717) is 6.42 Å². The maximum Gasteiger partial charge on any atom is 0.308 e. The van der Waals surface area contributed by atoms with E-state index in [9.17, 15) is 18.0 Å². The summed E-state index contributed by atoms with van der Waals surface area (Å²) in [7, 11) is -3.20. The second-order valence-corrected chi connectivity index (χ2v) is 7.51. The molecule has 0 aromatic heterocycles. The first-order chi connectivity index (χ1) is 8.24. The molecule has 1 saturated heterocycles. The van der Waals surface area contributed by atoms with E-state index in [-0.39, 0.29) is 31.2 Å². The molecular weight excluding hydrogens is 258 g/mol. The lowest BCUT2D eigenvalue weighted by Gasteiger charge is -2.30. The minimum Gasteiger partial charge on any atom is -0.481 e. The topological polar surface area (TPSA) is 91.8 Å². The van der Waals surface area contributed by atoms with Crippen LogP contribution < -0.4 is 0 Å². The van der Waals surface area contributed by atoms with Crippen LogP contribution in [0.15, 0.2) is 0 Å². The number of carbonyl (C=O) groups excluding carboxylic acids is 1. The Morgan fingerprint density at radius 2 is 2.11 bits per heavy atom. The van der Waals surface area contributed by atoms with Crippen molar-refractivity contribution in [3.63, 3.8) is 0 Å². The SMILES string of the molecule is CC(C)S(=O)(=O)CCN1CC(C(=O)O)CCC1=O. The summed E-state index contributed by atoms with van der Waals surface area (Å²) in [5, 5.41) is 8.42. The summed E-state index contributed by atoms with van der Waals surface area (Å²) in [6.45, 7) is 3.38. The average Bonchev–Trinajstić information content (AvgIpc) is 2.27. The first-order valence-corrected chi connectivity index (χ1v) is 7.67. The molecule has 1 N–H and O–H groups in total. The van der Waals surface area contributed by atoms with Gasteiger partial charge in [0, 0.05) is 19.5 Å². The van der Waals surface area contributed by atoms with Crippen LogP contribution in [-0.4, -0.2) is 54.4 Å². The fraction of sp³-hybridized carbons (Fsp3) is 0.818. The smallest absolute Gasteiger partial charge is 0.308 e. The van der Waals surface area contributed by atoms with Crippen LogP contribution >= 0.6 is 0 Å². The van der Waals surface area contributed by atoms with E-state index in [4.69, 9.17) is 5.11 Å². The molecule has 1 aliphatic rings. The Bertz CT molecular complexity index is 429. The van der Waals surface area contributed by atoms with E-state index >= 15 is 0 Å². The second-order valence-electron chi connectivity index (χ2n) is 4.83. The zero-order valence-corrected chi connectivity index (χ0v) is 11.4. The number of hydrogen-bond acceptors (Lipinski definition) is 4. The highest BCUT2D eigenvalue weighted by Gasteiger charge is 2.30. The van der Waals surface area contributed by atoms with E-state index in [1.54, 1.807) is 13.8 Å². The number of rotatable bonds is 5. The Labute approximate surface area is 107 Å². The predicted molar refractivity (Wildman–Crippen MR) is 65.9 cm³/mol. The van der Waals surface area contributed by atoms with Crippen molar-refractivity contribution < 1.29 is 23.1 Å². The summed E-state index contributed by atoms with van der Waals surface area (Å²) in [6, 6.07) is 0. The van der Waals surface area contributed by atoms with E-state index in [1.807, 2.05) is 0 Å². The normalized spacial score (nSPS) is 21.4. The Kier molecular flexibility index (Phi) is 4.72. The fourth-order valence-electron chi connectivity index (χ4n) is 1.81. The highest BCUT2D eigenvalue weighted by atomic mass is 32.2. The first-order valence-electron chi connectivity index (χ1n) is 5.96. The molecule has 1 unspecified atom stereocenters. The number of nitrogens with zero attached hydrogens (tertiary/aromatic N) is 1. The number of aliphatic carboxylic acids is 1. The Balaban J connectivity index is 2.60. The van der Waals surface area contributed by atoms with Gasteiger partial charge in [-0.1, -0.05) is 0 Å². The first kappa shape index (κ1) is 14.9. The van der Waals surface area contributed by atoms with Crippen LogP contribution in [0, 0.1) is 5.92 Å². The number of carboxylic acids is 1. The number of amides is 1. The Morgan fingerprint density at radius 3 is 2.61 bits per heavy atom. The monoisotopic (exact) mass is 277 g/mol. The molecule has 1 amide bonds. The highest BCUT2D eigenvalue weighted by Crippen LogP contribution is 2.18. The van der Waals surface area contributed by atoms with Gasteiger partial charge in [-0.15, -0.1) is 0 Å². The summed E-state index contributed by atoms with van der Waals surface area (Å²) < 4.78 is 23.3. The molecule has 0 radical (unpaired) electrons. The molecule has 1 rings (SSSR count). The summed E-state index contributed by atoms with van der Waals surface area (Å²) in [6.07, 6.45) is 0.514. The molecule has 0 aliphatic carbocycles. The molecule has 18 heavy (non-hydrogen) atoms. The van der Waals surface area contributed by atoms with Crippen LogP contribution in [0.2, 0.25) is 0 Å². The molecule has 0 aromatic rings. The minimum atomic E-state index is -3.20. The maximum absolute atomic E-state index is 11.6. The number of likely N-dealkylation sites (tertiary alicyclic amines) is 1. The van der Waals surface area contributed by atoms with E-state index in [1.165, 1.54) is 4.90 Å². The van der Waals surface area contributed by atoms with Gasteiger partial charge < -0.3 is 10.0 Å². The molecule has 0 aromatic carbocycles. The predicted octanol–water partition coefficient (Wildman–Crippen LogP) is 0.133. The van der Waals surface area contributed by atoms with E-state index < -0.39 is 27.0 Å². The van der Waals surface area contributed by atoms with Crippen LogP contribution in [0.5, 0.6) is 0 Å². The lowest BCUT2D eigenvalue weighted by Crippen LogP contribution is -2.44. The summed E-state index contributed by atoms with van der Waals surface area (Å²) in [4.78, 5) is 23.8. The standard InChI is InChI=1S/C11H19NO5S/c1-8(2)18(16,17)6-5-12-7-9(11(14)15)3-4-10(12)13/h8-9H,3-7H2,1-2H3,(H,14,15). The highest BCUT2D eigenvalue weighted by molar-refractivity contribution is 7.92. The van der Waals surface area contributed by atoms with Gasteiger partial charge in [0.1, 0.15) is 0 Å². The minimum absolute atomic E-state index is 0.0864. The summed E-state index contributed by atoms with van der Waals surface area (Å²) in [5.74, 6) is -1.78. The number of sulfone groups is 1. The lowest BCUT2D eigenvalue weighted by atomic mass is 9.98. The fourth-order valence-corrected chi connectivity index (χ4v) is 2.75. The summed E-state index contributed by atoms with van der Waals surface area (Å²) in [5.41, 5.74) is 0. The van der Waals surface area contributed by atoms with Gasteiger partial charge in [-0.25, -0.2) is 8.42 Å². The van der Waals surface area contributed by atoms with Crippen LogP contribution in [-0.2, 0) is 19.4 Å². The van der Waals surface area contributed by atoms with Gasteiger partial charge in [-0.3, -0.25) is 9.59 Å². The van der Waals surface area contributed by atoms with Crippen molar-refractivity contribution in [1.82, 2.24) is 4.90 Å². The quantitative estimate of drug-likeness (QED) is 0.771. The maximum atomic E-state index is 11.6. The molecule has 0 bridgehead atoms.